The Balaban J connectivity index is 1.26. The minimum atomic E-state index is 0.116. The summed E-state index contributed by atoms with van der Waals surface area (Å²) in [6.07, 6.45) is 6.15. The molecule has 2 aliphatic heterocycles. The third-order valence-corrected chi connectivity index (χ3v) is 7.15. The standard InChI is InChI=1S/C24H32N4O/c1-18-9-10-19-5-2-8-22(23(19)25-18)28-14-11-20(17-28)24(29)27-13-4-12-26(15-16-27)21-6-3-7-21/h2,5,8-10,20-21H,3-4,6-7,11-17H2,1H3/t20-/m0/s1. The van der Waals surface area contributed by atoms with Gasteiger partial charge in [0.1, 0.15) is 0 Å². The van der Waals surface area contributed by atoms with Crippen LogP contribution >= 0.6 is 0 Å². The lowest BCUT2D eigenvalue weighted by molar-refractivity contribution is -0.134. The number of rotatable bonds is 3. The highest BCUT2D eigenvalue weighted by Crippen LogP contribution is 2.31. The molecule has 1 aromatic carbocycles. The van der Waals surface area contributed by atoms with Gasteiger partial charge in [-0.2, -0.15) is 0 Å². The van der Waals surface area contributed by atoms with Gasteiger partial charge in [0, 0.05) is 56.4 Å². The summed E-state index contributed by atoms with van der Waals surface area (Å²) in [6.45, 7) is 7.84. The number of fused-ring (bicyclic) bond motifs is 1. The van der Waals surface area contributed by atoms with E-state index >= 15 is 0 Å². The first-order valence-corrected chi connectivity index (χ1v) is 11.3. The summed E-state index contributed by atoms with van der Waals surface area (Å²) in [4.78, 5) is 25.2. The number of anilines is 1. The van der Waals surface area contributed by atoms with Gasteiger partial charge >= 0.3 is 0 Å². The second-order valence-corrected chi connectivity index (χ2v) is 9.03. The maximum Gasteiger partial charge on any atom is 0.227 e. The number of amides is 1. The Labute approximate surface area is 173 Å². The van der Waals surface area contributed by atoms with E-state index in [9.17, 15) is 4.79 Å². The molecule has 3 aliphatic rings. The van der Waals surface area contributed by atoms with E-state index in [1.807, 2.05) is 6.92 Å². The molecule has 5 rings (SSSR count). The average Bonchev–Trinajstić information content (AvgIpc) is 3.06. The molecule has 1 atom stereocenters. The Morgan fingerprint density at radius 2 is 1.86 bits per heavy atom. The molecule has 0 unspecified atom stereocenters. The number of pyridine rings is 1. The molecular formula is C24H32N4O. The normalized spacial score (nSPS) is 24.0. The molecule has 2 saturated heterocycles. The summed E-state index contributed by atoms with van der Waals surface area (Å²) in [5, 5.41) is 1.17. The highest BCUT2D eigenvalue weighted by atomic mass is 16.2. The van der Waals surface area contributed by atoms with Crippen molar-refractivity contribution in [2.75, 3.05) is 44.2 Å². The summed E-state index contributed by atoms with van der Waals surface area (Å²) in [5.74, 6) is 0.484. The van der Waals surface area contributed by atoms with Crippen LogP contribution in [0, 0.1) is 12.8 Å². The van der Waals surface area contributed by atoms with E-state index < -0.39 is 0 Å². The van der Waals surface area contributed by atoms with Gasteiger partial charge in [-0.3, -0.25) is 14.7 Å². The van der Waals surface area contributed by atoms with Crippen LogP contribution in [0.1, 0.15) is 37.8 Å². The molecule has 1 aromatic heterocycles. The lowest BCUT2D eigenvalue weighted by atomic mass is 9.91. The Kier molecular flexibility index (Phi) is 5.17. The van der Waals surface area contributed by atoms with Crippen molar-refractivity contribution < 1.29 is 4.79 Å². The molecule has 154 valence electrons. The number of hydrogen-bond donors (Lipinski definition) is 0. The molecule has 29 heavy (non-hydrogen) atoms. The maximum atomic E-state index is 13.3. The van der Waals surface area contributed by atoms with Gasteiger partial charge in [0.2, 0.25) is 5.91 Å². The predicted molar refractivity (Wildman–Crippen MR) is 117 cm³/mol. The highest BCUT2D eigenvalue weighted by Gasteiger charge is 2.34. The molecule has 1 saturated carbocycles. The monoisotopic (exact) mass is 392 g/mol. The topological polar surface area (TPSA) is 39.7 Å². The van der Waals surface area contributed by atoms with E-state index in [2.05, 4.69) is 45.0 Å². The molecular weight excluding hydrogens is 360 g/mol. The maximum absolute atomic E-state index is 13.3. The first-order chi connectivity index (χ1) is 14.2. The third kappa shape index (κ3) is 3.73. The van der Waals surface area contributed by atoms with E-state index in [4.69, 9.17) is 4.98 Å². The molecule has 1 amide bonds. The van der Waals surface area contributed by atoms with Crippen molar-refractivity contribution in [3.8, 4) is 0 Å². The number of nitrogens with zero attached hydrogens (tertiary/aromatic N) is 4. The van der Waals surface area contributed by atoms with E-state index in [1.54, 1.807) is 0 Å². The van der Waals surface area contributed by atoms with Crippen LogP contribution in [-0.4, -0.2) is 66.0 Å². The van der Waals surface area contributed by atoms with Crippen LogP contribution in [0.5, 0.6) is 0 Å². The van der Waals surface area contributed by atoms with Crippen LogP contribution in [0.15, 0.2) is 30.3 Å². The van der Waals surface area contributed by atoms with Crippen molar-refractivity contribution in [1.82, 2.24) is 14.8 Å². The first-order valence-electron chi connectivity index (χ1n) is 11.3. The van der Waals surface area contributed by atoms with Gasteiger partial charge in [-0.05, 0) is 44.7 Å². The Bertz CT molecular complexity index is 894. The molecule has 0 spiro atoms. The van der Waals surface area contributed by atoms with Crippen LogP contribution in [0.3, 0.4) is 0 Å². The van der Waals surface area contributed by atoms with Crippen LogP contribution in [0.2, 0.25) is 0 Å². The van der Waals surface area contributed by atoms with Gasteiger partial charge in [0.15, 0.2) is 0 Å². The Morgan fingerprint density at radius 3 is 2.69 bits per heavy atom. The zero-order valence-corrected chi connectivity index (χ0v) is 17.5. The number of aryl methyl sites for hydroxylation is 1. The molecule has 2 aromatic rings. The van der Waals surface area contributed by atoms with E-state index in [1.165, 1.54) is 30.3 Å². The lowest BCUT2D eigenvalue weighted by Gasteiger charge is -2.36. The van der Waals surface area contributed by atoms with Crippen molar-refractivity contribution in [2.24, 2.45) is 5.92 Å². The third-order valence-electron chi connectivity index (χ3n) is 7.15. The van der Waals surface area contributed by atoms with Crippen molar-refractivity contribution in [1.29, 1.82) is 0 Å². The molecule has 3 heterocycles. The van der Waals surface area contributed by atoms with Crippen LogP contribution in [-0.2, 0) is 4.79 Å². The smallest absolute Gasteiger partial charge is 0.227 e. The number of aromatic nitrogens is 1. The minimum Gasteiger partial charge on any atom is -0.369 e. The van der Waals surface area contributed by atoms with Crippen molar-refractivity contribution in [2.45, 2.75) is 45.1 Å². The Morgan fingerprint density at radius 1 is 0.966 bits per heavy atom. The summed E-state index contributed by atoms with van der Waals surface area (Å²) in [6, 6.07) is 11.4. The molecule has 0 N–H and O–H groups in total. The number of carbonyl (C=O) groups excluding carboxylic acids is 1. The molecule has 0 radical (unpaired) electrons. The number of para-hydroxylation sites is 1. The molecule has 5 nitrogen and oxygen atoms in total. The summed E-state index contributed by atoms with van der Waals surface area (Å²) < 4.78 is 0. The minimum absolute atomic E-state index is 0.116. The van der Waals surface area contributed by atoms with Crippen molar-refractivity contribution in [3.63, 3.8) is 0 Å². The van der Waals surface area contributed by atoms with Gasteiger partial charge in [-0.25, -0.2) is 0 Å². The Hall–Kier alpha value is -2.14. The second-order valence-electron chi connectivity index (χ2n) is 9.03. The zero-order valence-electron chi connectivity index (χ0n) is 17.5. The fraction of sp³-hybridized carbons (Fsp3) is 0.583. The van der Waals surface area contributed by atoms with Crippen molar-refractivity contribution in [3.05, 3.63) is 36.0 Å². The molecule has 5 heteroatoms. The van der Waals surface area contributed by atoms with Crippen LogP contribution < -0.4 is 4.90 Å². The number of hydrogen-bond acceptors (Lipinski definition) is 4. The van der Waals surface area contributed by atoms with Crippen molar-refractivity contribution >= 4 is 22.5 Å². The first kappa shape index (κ1) is 18.9. The summed E-state index contributed by atoms with van der Waals surface area (Å²) >= 11 is 0. The van der Waals surface area contributed by atoms with Crippen LogP contribution in [0.4, 0.5) is 5.69 Å². The largest absolute Gasteiger partial charge is 0.369 e. The fourth-order valence-corrected chi connectivity index (χ4v) is 5.20. The number of benzene rings is 1. The second kappa shape index (κ2) is 7.94. The quantitative estimate of drug-likeness (QED) is 0.802. The molecule has 3 fully saturated rings. The summed E-state index contributed by atoms with van der Waals surface area (Å²) in [5.41, 5.74) is 3.28. The number of carbonyl (C=O) groups is 1. The van der Waals surface area contributed by atoms with Gasteiger partial charge in [-0.15, -0.1) is 0 Å². The lowest BCUT2D eigenvalue weighted by Crippen LogP contribution is -2.43. The van der Waals surface area contributed by atoms with E-state index in [0.717, 1.165) is 69.4 Å². The summed E-state index contributed by atoms with van der Waals surface area (Å²) in [7, 11) is 0. The molecule has 0 bridgehead atoms. The van der Waals surface area contributed by atoms with Crippen LogP contribution in [0.25, 0.3) is 10.9 Å². The average molecular weight is 393 g/mol. The molecule has 1 aliphatic carbocycles. The van der Waals surface area contributed by atoms with E-state index in [-0.39, 0.29) is 5.92 Å². The fourth-order valence-electron chi connectivity index (χ4n) is 5.20. The van der Waals surface area contributed by atoms with Gasteiger partial charge in [0.05, 0.1) is 17.1 Å². The predicted octanol–water partition coefficient (Wildman–Crippen LogP) is 3.46. The van der Waals surface area contributed by atoms with Gasteiger partial charge < -0.3 is 9.80 Å². The van der Waals surface area contributed by atoms with Gasteiger partial charge in [-0.1, -0.05) is 24.6 Å². The highest BCUT2D eigenvalue weighted by molar-refractivity contribution is 5.91. The SMILES string of the molecule is Cc1ccc2cccc(N3CC[C@H](C(=O)N4CCCN(C5CCC5)CC4)C3)c2n1. The van der Waals surface area contributed by atoms with Gasteiger partial charge in [0.25, 0.3) is 0 Å². The van der Waals surface area contributed by atoms with E-state index in [0.29, 0.717) is 5.91 Å². The zero-order chi connectivity index (χ0) is 19.8.